The normalized spacial score (nSPS) is 15.1. The van der Waals surface area contributed by atoms with E-state index in [0.717, 1.165) is 54.3 Å². The molecule has 28 heavy (non-hydrogen) atoms. The van der Waals surface area contributed by atoms with Gasteiger partial charge in [0.15, 0.2) is 0 Å². The predicted octanol–water partition coefficient (Wildman–Crippen LogP) is 3.21. The molecule has 0 unspecified atom stereocenters. The number of benzene rings is 1. The van der Waals surface area contributed by atoms with Gasteiger partial charge >= 0.3 is 0 Å². The van der Waals surface area contributed by atoms with Crippen molar-refractivity contribution in [2.75, 3.05) is 32.8 Å². The van der Waals surface area contributed by atoms with Gasteiger partial charge in [0.05, 0.1) is 18.7 Å². The van der Waals surface area contributed by atoms with Crippen LogP contribution in [0, 0.1) is 0 Å². The van der Waals surface area contributed by atoms with E-state index < -0.39 is 0 Å². The van der Waals surface area contributed by atoms with Crippen LogP contribution < -0.4 is 4.74 Å². The maximum atomic E-state index is 12.4. The van der Waals surface area contributed by atoms with Crippen molar-refractivity contribution in [3.8, 4) is 5.75 Å². The topological polar surface area (TPSA) is 50.1 Å². The van der Waals surface area contributed by atoms with Crippen LogP contribution in [0.25, 0.3) is 5.65 Å². The second-order valence-electron chi connectivity index (χ2n) is 6.91. The van der Waals surface area contributed by atoms with Crippen molar-refractivity contribution in [2.24, 2.45) is 0 Å². The SMILES string of the molecule is O=C(CCOc1cccc(Br)c1)N1CCN(Cc2cn3ccccc3n2)CC1. The van der Waals surface area contributed by atoms with E-state index in [1.165, 1.54) is 0 Å². The molecule has 0 aliphatic carbocycles. The Bertz CT molecular complexity index is 917. The smallest absolute Gasteiger partial charge is 0.226 e. The van der Waals surface area contributed by atoms with Gasteiger partial charge < -0.3 is 14.0 Å². The summed E-state index contributed by atoms with van der Waals surface area (Å²) in [5, 5.41) is 0. The molecule has 1 amide bonds. The van der Waals surface area contributed by atoms with Crippen LogP contribution in [-0.2, 0) is 11.3 Å². The van der Waals surface area contributed by atoms with Gasteiger partial charge in [-0.3, -0.25) is 9.69 Å². The number of hydrogen-bond donors (Lipinski definition) is 0. The third-order valence-electron chi connectivity index (χ3n) is 4.91. The lowest BCUT2D eigenvalue weighted by Gasteiger charge is -2.34. The first-order chi connectivity index (χ1) is 13.7. The standard InChI is InChI=1S/C21H23BrN4O2/c22-17-4-3-5-19(14-17)28-13-7-21(27)25-11-9-24(10-12-25)15-18-16-26-8-2-1-6-20(26)23-18/h1-6,8,14,16H,7,9-13,15H2. The van der Waals surface area contributed by atoms with Crippen molar-refractivity contribution >= 4 is 27.5 Å². The van der Waals surface area contributed by atoms with Gasteiger partial charge in [0.1, 0.15) is 11.4 Å². The van der Waals surface area contributed by atoms with E-state index in [2.05, 4.69) is 32.0 Å². The number of amides is 1. The Morgan fingerprint density at radius 1 is 1.11 bits per heavy atom. The van der Waals surface area contributed by atoms with Gasteiger partial charge in [0.2, 0.25) is 5.91 Å². The molecule has 1 fully saturated rings. The molecule has 4 rings (SSSR count). The van der Waals surface area contributed by atoms with E-state index in [-0.39, 0.29) is 5.91 Å². The summed E-state index contributed by atoms with van der Waals surface area (Å²) in [6.07, 6.45) is 4.49. The Kier molecular flexibility index (Phi) is 5.92. The Balaban J connectivity index is 1.21. The second-order valence-corrected chi connectivity index (χ2v) is 7.83. The molecule has 1 aromatic carbocycles. The molecule has 0 atom stereocenters. The van der Waals surface area contributed by atoms with E-state index in [1.807, 2.05) is 58.0 Å². The van der Waals surface area contributed by atoms with Crippen LogP contribution in [0.15, 0.2) is 59.3 Å². The van der Waals surface area contributed by atoms with Gasteiger partial charge in [-0.2, -0.15) is 0 Å². The van der Waals surface area contributed by atoms with Gasteiger partial charge in [-0.25, -0.2) is 4.98 Å². The number of fused-ring (bicyclic) bond motifs is 1. The van der Waals surface area contributed by atoms with Crippen LogP contribution in [0.3, 0.4) is 0 Å². The first kappa shape index (κ1) is 19.0. The van der Waals surface area contributed by atoms with Crippen molar-refractivity contribution in [3.63, 3.8) is 0 Å². The molecule has 3 heterocycles. The molecule has 0 spiro atoms. The number of carbonyl (C=O) groups excluding carboxylic acids is 1. The van der Waals surface area contributed by atoms with Crippen LogP contribution in [0.2, 0.25) is 0 Å². The van der Waals surface area contributed by atoms with Gasteiger partial charge in [0, 0.05) is 49.6 Å². The van der Waals surface area contributed by atoms with Crippen molar-refractivity contribution in [2.45, 2.75) is 13.0 Å². The summed E-state index contributed by atoms with van der Waals surface area (Å²) in [6.45, 7) is 4.46. The lowest BCUT2D eigenvalue weighted by Crippen LogP contribution is -2.48. The molecule has 2 aromatic heterocycles. The first-order valence-electron chi connectivity index (χ1n) is 9.48. The fourth-order valence-corrected chi connectivity index (χ4v) is 3.80. The number of ether oxygens (including phenoxy) is 1. The monoisotopic (exact) mass is 442 g/mol. The third-order valence-corrected chi connectivity index (χ3v) is 5.40. The van der Waals surface area contributed by atoms with Gasteiger partial charge in [-0.1, -0.05) is 28.1 Å². The summed E-state index contributed by atoms with van der Waals surface area (Å²) < 4.78 is 8.69. The van der Waals surface area contributed by atoms with E-state index >= 15 is 0 Å². The summed E-state index contributed by atoms with van der Waals surface area (Å²) in [5.74, 6) is 0.932. The van der Waals surface area contributed by atoms with Crippen LogP contribution in [0.1, 0.15) is 12.1 Å². The van der Waals surface area contributed by atoms with E-state index in [4.69, 9.17) is 4.74 Å². The van der Waals surface area contributed by atoms with E-state index in [0.29, 0.717) is 13.0 Å². The van der Waals surface area contributed by atoms with E-state index in [9.17, 15) is 4.79 Å². The Morgan fingerprint density at radius 3 is 2.75 bits per heavy atom. The maximum Gasteiger partial charge on any atom is 0.226 e. The molecular formula is C21H23BrN4O2. The summed E-state index contributed by atoms with van der Waals surface area (Å²) in [4.78, 5) is 21.4. The summed E-state index contributed by atoms with van der Waals surface area (Å²) >= 11 is 3.42. The molecule has 6 nitrogen and oxygen atoms in total. The molecule has 1 aliphatic heterocycles. The maximum absolute atomic E-state index is 12.4. The zero-order valence-electron chi connectivity index (χ0n) is 15.6. The number of pyridine rings is 1. The number of nitrogens with zero attached hydrogens (tertiary/aromatic N) is 4. The average molecular weight is 443 g/mol. The fourth-order valence-electron chi connectivity index (χ4n) is 3.42. The highest BCUT2D eigenvalue weighted by molar-refractivity contribution is 9.10. The molecule has 3 aromatic rings. The minimum Gasteiger partial charge on any atom is -0.493 e. The van der Waals surface area contributed by atoms with Crippen LogP contribution in [0.4, 0.5) is 0 Å². The number of carbonyl (C=O) groups is 1. The molecule has 0 radical (unpaired) electrons. The third kappa shape index (κ3) is 4.72. The van der Waals surface area contributed by atoms with Gasteiger partial charge in [-0.05, 0) is 30.3 Å². The number of rotatable bonds is 6. The highest BCUT2D eigenvalue weighted by Crippen LogP contribution is 2.18. The molecule has 0 N–H and O–H groups in total. The van der Waals surface area contributed by atoms with Gasteiger partial charge in [-0.15, -0.1) is 0 Å². The summed E-state index contributed by atoms with van der Waals surface area (Å²) in [7, 11) is 0. The highest BCUT2D eigenvalue weighted by atomic mass is 79.9. The quantitative estimate of drug-likeness (QED) is 0.587. The number of piperazine rings is 1. The fraction of sp³-hybridized carbons (Fsp3) is 0.333. The zero-order chi connectivity index (χ0) is 19.3. The molecule has 7 heteroatoms. The average Bonchev–Trinajstić information content (AvgIpc) is 3.11. The molecule has 0 saturated carbocycles. The predicted molar refractivity (Wildman–Crippen MR) is 111 cm³/mol. The highest BCUT2D eigenvalue weighted by Gasteiger charge is 2.21. The van der Waals surface area contributed by atoms with Crippen LogP contribution in [-0.4, -0.2) is 57.9 Å². The van der Waals surface area contributed by atoms with Gasteiger partial charge in [0.25, 0.3) is 0 Å². The Hall–Kier alpha value is -2.38. The number of imidazole rings is 1. The van der Waals surface area contributed by atoms with Crippen LogP contribution >= 0.6 is 15.9 Å². The Labute approximate surface area is 172 Å². The number of halogens is 1. The number of aromatic nitrogens is 2. The lowest BCUT2D eigenvalue weighted by atomic mass is 10.2. The van der Waals surface area contributed by atoms with Crippen molar-refractivity contribution < 1.29 is 9.53 Å². The lowest BCUT2D eigenvalue weighted by molar-refractivity contribution is -0.133. The summed E-state index contributed by atoms with van der Waals surface area (Å²) in [6, 6.07) is 13.7. The van der Waals surface area contributed by atoms with Crippen LogP contribution in [0.5, 0.6) is 5.75 Å². The first-order valence-corrected chi connectivity index (χ1v) is 10.3. The molecule has 146 valence electrons. The molecular weight excluding hydrogens is 420 g/mol. The molecule has 0 bridgehead atoms. The zero-order valence-corrected chi connectivity index (χ0v) is 17.2. The minimum absolute atomic E-state index is 0.155. The second kappa shape index (κ2) is 8.75. The molecule has 1 saturated heterocycles. The Morgan fingerprint density at radius 2 is 1.96 bits per heavy atom. The van der Waals surface area contributed by atoms with E-state index in [1.54, 1.807) is 0 Å². The largest absolute Gasteiger partial charge is 0.493 e. The molecule has 1 aliphatic rings. The minimum atomic E-state index is 0.155. The summed E-state index contributed by atoms with van der Waals surface area (Å²) in [5.41, 5.74) is 2.03. The number of hydrogen-bond acceptors (Lipinski definition) is 4. The van der Waals surface area contributed by atoms with Crippen molar-refractivity contribution in [1.82, 2.24) is 19.2 Å². The van der Waals surface area contributed by atoms with Crippen molar-refractivity contribution in [1.29, 1.82) is 0 Å². The van der Waals surface area contributed by atoms with Crippen molar-refractivity contribution in [3.05, 3.63) is 65.0 Å².